The van der Waals surface area contributed by atoms with Crippen molar-refractivity contribution in [3.63, 3.8) is 0 Å². The Kier molecular flexibility index (Phi) is 8.31. The summed E-state index contributed by atoms with van der Waals surface area (Å²) in [6, 6.07) is 22.3. The van der Waals surface area contributed by atoms with Gasteiger partial charge in [-0.3, -0.25) is 9.59 Å². The Bertz CT molecular complexity index is 1420. The van der Waals surface area contributed by atoms with Crippen molar-refractivity contribution in [2.24, 2.45) is 0 Å². The quantitative estimate of drug-likeness (QED) is 0.262. The van der Waals surface area contributed by atoms with Crippen LogP contribution in [-0.4, -0.2) is 58.8 Å². The lowest BCUT2D eigenvalue weighted by Gasteiger charge is -2.36. The minimum atomic E-state index is -0.167. The highest BCUT2D eigenvalue weighted by Gasteiger charge is 2.22. The lowest BCUT2D eigenvalue weighted by atomic mass is 10.1. The second-order valence-corrected chi connectivity index (χ2v) is 10.8. The van der Waals surface area contributed by atoms with Crippen molar-refractivity contribution in [3.05, 3.63) is 87.9 Å². The van der Waals surface area contributed by atoms with Gasteiger partial charge in [0.15, 0.2) is 0 Å². The number of anilines is 2. The fourth-order valence-electron chi connectivity index (χ4n) is 4.03. The molecule has 1 aliphatic heterocycles. The zero-order valence-electron chi connectivity index (χ0n) is 20.1. The molecule has 0 bridgehead atoms. The number of halogens is 2. The minimum absolute atomic E-state index is 0.00635. The number of nitrogens with zero attached hydrogens (tertiary/aromatic N) is 4. The second-order valence-electron chi connectivity index (χ2n) is 8.55. The first-order valence-electron chi connectivity index (χ1n) is 11.9. The third-order valence-electron chi connectivity index (χ3n) is 5.98. The highest BCUT2D eigenvalue weighted by Crippen LogP contribution is 2.25. The van der Waals surface area contributed by atoms with Gasteiger partial charge in [0, 0.05) is 58.2 Å². The third-order valence-corrected chi connectivity index (χ3v) is 7.56. The Morgan fingerprint density at radius 3 is 2.42 bits per heavy atom. The summed E-state index contributed by atoms with van der Waals surface area (Å²) in [5.41, 5.74) is 3.16. The van der Waals surface area contributed by atoms with Crippen LogP contribution < -0.4 is 10.2 Å². The molecule has 0 saturated carbocycles. The Hall–Kier alpha value is -3.34. The van der Waals surface area contributed by atoms with Crippen molar-refractivity contribution in [1.29, 1.82) is 0 Å². The second kappa shape index (κ2) is 12.0. The van der Waals surface area contributed by atoms with Gasteiger partial charge in [-0.05, 0) is 66.7 Å². The zero-order chi connectivity index (χ0) is 26.5. The topological polar surface area (TPSA) is 91.6 Å². The van der Waals surface area contributed by atoms with E-state index in [2.05, 4.69) is 36.3 Å². The fourth-order valence-corrected chi connectivity index (χ4v) is 5.05. The molecule has 38 heavy (non-hydrogen) atoms. The van der Waals surface area contributed by atoms with Gasteiger partial charge in [0.25, 0.3) is 11.1 Å². The van der Waals surface area contributed by atoms with Gasteiger partial charge in [-0.25, -0.2) is 0 Å². The van der Waals surface area contributed by atoms with E-state index in [1.807, 2.05) is 53.4 Å². The van der Waals surface area contributed by atoms with Gasteiger partial charge >= 0.3 is 0 Å². The molecular weight excluding hydrogens is 590 g/mol. The summed E-state index contributed by atoms with van der Waals surface area (Å²) in [5.74, 6) is 0.380. The molecule has 1 saturated heterocycles. The Labute approximate surface area is 237 Å². The van der Waals surface area contributed by atoms with Crippen LogP contribution in [0.3, 0.4) is 0 Å². The first kappa shape index (κ1) is 26.3. The number of piperazine rings is 1. The molecular formula is C27H23BrClN5O3S. The summed E-state index contributed by atoms with van der Waals surface area (Å²) in [6.07, 6.45) is 0. The SMILES string of the molecule is O=C(CSc1nnc(-c2ccc(Br)cc2)o1)Nc1ccc(N2CCN(C(=O)c3cccc(Cl)c3)CC2)cc1. The van der Waals surface area contributed by atoms with Crippen molar-refractivity contribution < 1.29 is 14.0 Å². The molecule has 1 aliphatic rings. The predicted octanol–water partition coefficient (Wildman–Crippen LogP) is 5.85. The highest BCUT2D eigenvalue weighted by atomic mass is 79.9. The van der Waals surface area contributed by atoms with E-state index in [4.69, 9.17) is 16.0 Å². The summed E-state index contributed by atoms with van der Waals surface area (Å²) in [4.78, 5) is 29.3. The predicted molar refractivity (Wildman–Crippen MR) is 153 cm³/mol. The molecule has 0 spiro atoms. The number of benzene rings is 3. The number of carbonyl (C=O) groups excluding carboxylic acids is 2. The fraction of sp³-hybridized carbons (Fsp3) is 0.185. The van der Waals surface area contributed by atoms with Gasteiger partial charge < -0.3 is 19.5 Å². The van der Waals surface area contributed by atoms with Gasteiger partial charge in [0.2, 0.25) is 11.8 Å². The van der Waals surface area contributed by atoms with Gasteiger partial charge in [-0.1, -0.05) is 45.4 Å². The Balaban J connectivity index is 1.09. The van der Waals surface area contributed by atoms with Crippen LogP contribution in [0.5, 0.6) is 0 Å². The van der Waals surface area contributed by atoms with Crippen molar-refractivity contribution in [2.75, 3.05) is 42.1 Å². The molecule has 2 amide bonds. The lowest BCUT2D eigenvalue weighted by Crippen LogP contribution is -2.48. The minimum Gasteiger partial charge on any atom is -0.411 e. The van der Waals surface area contributed by atoms with Crippen LogP contribution in [0, 0.1) is 0 Å². The molecule has 5 rings (SSSR count). The molecule has 1 aromatic heterocycles. The average molecular weight is 613 g/mol. The van der Waals surface area contributed by atoms with Crippen molar-refractivity contribution >= 4 is 62.5 Å². The first-order valence-corrected chi connectivity index (χ1v) is 14.0. The standard InChI is InChI=1S/C27H23BrClN5O3S/c28-20-6-4-18(5-7-20)25-31-32-27(37-25)38-17-24(35)30-22-8-10-23(11-9-22)33-12-14-34(15-13-33)26(36)19-2-1-3-21(29)16-19/h1-11,16H,12-15,17H2,(H,30,35). The number of aromatic nitrogens is 2. The zero-order valence-corrected chi connectivity index (χ0v) is 23.3. The van der Waals surface area contributed by atoms with E-state index in [0.717, 1.165) is 28.8 Å². The van der Waals surface area contributed by atoms with Crippen LogP contribution in [0.2, 0.25) is 5.02 Å². The monoisotopic (exact) mass is 611 g/mol. The molecule has 1 fully saturated rings. The van der Waals surface area contributed by atoms with Crippen LogP contribution in [0.1, 0.15) is 10.4 Å². The largest absolute Gasteiger partial charge is 0.411 e. The average Bonchev–Trinajstić information content (AvgIpc) is 3.42. The lowest BCUT2D eigenvalue weighted by molar-refractivity contribution is -0.113. The molecule has 194 valence electrons. The van der Waals surface area contributed by atoms with E-state index in [1.165, 1.54) is 11.8 Å². The Morgan fingerprint density at radius 2 is 1.71 bits per heavy atom. The molecule has 2 heterocycles. The van der Waals surface area contributed by atoms with Gasteiger partial charge in [0.1, 0.15) is 0 Å². The summed E-state index contributed by atoms with van der Waals surface area (Å²) in [7, 11) is 0. The molecule has 3 aromatic carbocycles. The number of rotatable bonds is 7. The maximum atomic E-state index is 12.8. The molecule has 8 nitrogen and oxygen atoms in total. The molecule has 11 heteroatoms. The van der Waals surface area contributed by atoms with Crippen LogP contribution in [-0.2, 0) is 4.79 Å². The van der Waals surface area contributed by atoms with E-state index >= 15 is 0 Å². The van der Waals surface area contributed by atoms with E-state index in [1.54, 1.807) is 24.3 Å². The smallest absolute Gasteiger partial charge is 0.277 e. The van der Waals surface area contributed by atoms with E-state index in [9.17, 15) is 9.59 Å². The van der Waals surface area contributed by atoms with Crippen molar-refractivity contribution in [1.82, 2.24) is 15.1 Å². The number of hydrogen-bond acceptors (Lipinski definition) is 7. The molecule has 0 atom stereocenters. The number of hydrogen-bond donors (Lipinski definition) is 1. The van der Waals surface area contributed by atoms with Gasteiger partial charge in [0.05, 0.1) is 5.75 Å². The van der Waals surface area contributed by atoms with Crippen LogP contribution in [0.25, 0.3) is 11.5 Å². The summed E-state index contributed by atoms with van der Waals surface area (Å²) in [6.45, 7) is 2.70. The summed E-state index contributed by atoms with van der Waals surface area (Å²) >= 11 is 10.6. The number of amides is 2. The highest BCUT2D eigenvalue weighted by molar-refractivity contribution is 9.10. The van der Waals surface area contributed by atoms with Crippen LogP contribution in [0.4, 0.5) is 11.4 Å². The van der Waals surface area contributed by atoms with Gasteiger partial charge in [-0.15, -0.1) is 10.2 Å². The summed E-state index contributed by atoms with van der Waals surface area (Å²) < 4.78 is 6.62. The van der Waals surface area contributed by atoms with Crippen LogP contribution >= 0.6 is 39.3 Å². The normalized spacial score (nSPS) is 13.4. The molecule has 0 radical (unpaired) electrons. The number of thioether (sulfide) groups is 1. The maximum absolute atomic E-state index is 12.8. The maximum Gasteiger partial charge on any atom is 0.277 e. The van der Waals surface area contributed by atoms with Crippen LogP contribution in [0.15, 0.2) is 86.9 Å². The van der Waals surface area contributed by atoms with Gasteiger partial charge in [-0.2, -0.15) is 0 Å². The van der Waals surface area contributed by atoms with E-state index in [0.29, 0.717) is 40.5 Å². The molecule has 0 aliphatic carbocycles. The summed E-state index contributed by atoms with van der Waals surface area (Å²) in [5, 5.41) is 11.8. The molecule has 1 N–H and O–H groups in total. The molecule has 4 aromatic rings. The first-order chi connectivity index (χ1) is 18.4. The number of nitrogens with one attached hydrogen (secondary N) is 1. The van der Waals surface area contributed by atoms with Crippen molar-refractivity contribution in [3.8, 4) is 11.5 Å². The van der Waals surface area contributed by atoms with Crippen molar-refractivity contribution in [2.45, 2.75) is 5.22 Å². The molecule has 0 unspecified atom stereocenters. The van der Waals surface area contributed by atoms with E-state index < -0.39 is 0 Å². The van der Waals surface area contributed by atoms with E-state index in [-0.39, 0.29) is 17.6 Å². The third kappa shape index (κ3) is 6.56. The number of carbonyl (C=O) groups is 2. The Morgan fingerprint density at radius 1 is 0.974 bits per heavy atom.